The fourth-order valence-electron chi connectivity index (χ4n) is 3.67. The highest BCUT2D eigenvalue weighted by atomic mass is 35.5. The van der Waals surface area contributed by atoms with Crippen LogP contribution in [-0.4, -0.2) is 52.4 Å². The highest BCUT2D eigenvalue weighted by Gasteiger charge is 2.29. The van der Waals surface area contributed by atoms with E-state index in [0.717, 1.165) is 5.56 Å². The second-order valence-corrected chi connectivity index (χ2v) is 8.92. The number of halogens is 2. The fourth-order valence-corrected chi connectivity index (χ4v) is 3.95. The molecule has 0 fully saturated rings. The van der Waals surface area contributed by atoms with Gasteiger partial charge in [-0.1, -0.05) is 60.5 Å². The van der Waals surface area contributed by atoms with E-state index in [1.165, 1.54) is 6.20 Å². The van der Waals surface area contributed by atoms with Crippen LogP contribution < -0.4 is 5.56 Å². The van der Waals surface area contributed by atoms with Crippen LogP contribution in [0.15, 0.2) is 65.6 Å². The van der Waals surface area contributed by atoms with Crippen molar-refractivity contribution in [3.63, 3.8) is 0 Å². The number of carbonyl (C=O) groups excluding carboxylic acids is 1. The third-order valence-electron chi connectivity index (χ3n) is 5.42. The van der Waals surface area contributed by atoms with E-state index < -0.39 is 6.04 Å². The SMILES string of the molecule is CCC(c1ncc(Cl)c(=O)n1Cc1ccccc1)N(CCN(C)C)C(=O)c1ccc(Cl)cc1. The Labute approximate surface area is 204 Å². The lowest BCUT2D eigenvalue weighted by molar-refractivity contribution is 0.0641. The molecule has 0 aliphatic carbocycles. The molecule has 0 N–H and O–H groups in total. The Bertz CT molecular complexity index is 1130. The molecule has 1 aromatic heterocycles. The minimum absolute atomic E-state index is 0.0494. The van der Waals surface area contributed by atoms with Crippen LogP contribution in [0, 0.1) is 0 Å². The molecule has 0 aliphatic rings. The molecular weight excluding hydrogens is 459 g/mol. The summed E-state index contributed by atoms with van der Waals surface area (Å²) in [7, 11) is 3.91. The van der Waals surface area contributed by atoms with Crippen molar-refractivity contribution in [2.24, 2.45) is 0 Å². The number of likely N-dealkylation sites (N-methyl/N-ethyl adjacent to an activating group) is 1. The zero-order valence-electron chi connectivity index (χ0n) is 19.0. The van der Waals surface area contributed by atoms with E-state index in [9.17, 15) is 9.59 Å². The van der Waals surface area contributed by atoms with Crippen molar-refractivity contribution in [3.8, 4) is 0 Å². The largest absolute Gasteiger partial charge is 0.327 e. The summed E-state index contributed by atoms with van der Waals surface area (Å²) in [5.41, 5.74) is 1.15. The van der Waals surface area contributed by atoms with E-state index >= 15 is 0 Å². The van der Waals surface area contributed by atoms with E-state index in [0.29, 0.717) is 42.5 Å². The monoisotopic (exact) mass is 486 g/mol. The molecule has 0 aliphatic heterocycles. The van der Waals surface area contributed by atoms with Gasteiger partial charge in [0.15, 0.2) is 0 Å². The first-order valence-electron chi connectivity index (χ1n) is 10.8. The summed E-state index contributed by atoms with van der Waals surface area (Å²) in [6, 6.07) is 16.1. The van der Waals surface area contributed by atoms with E-state index in [1.807, 2.05) is 56.3 Å². The van der Waals surface area contributed by atoms with Gasteiger partial charge in [-0.05, 0) is 50.3 Å². The number of nitrogens with zero attached hydrogens (tertiary/aromatic N) is 4. The molecule has 33 heavy (non-hydrogen) atoms. The number of hydrogen-bond acceptors (Lipinski definition) is 4. The number of benzene rings is 2. The summed E-state index contributed by atoms with van der Waals surface area (Å²) in [6.07, 6.45) is 1.95. The molecule has 6 nitrogen and oxygen atoms in total. The third-order valence-corrected chi connectivity index (χ3v) is 5.93. The highest BCUT2D eigenvalue weighted by Crippen LogP contribution is 2.26. The van der Waals surface area contributed by atoms with Crippen LogP contribution in [0.1, 0.15) is 41.1 Å². The Morgan fingerprint density at radius 1 is 1.03 bits per heavy atom. The minimum atomic E-state index is -0.415. The topological polar surface area (TPSA) is 58.4 Å². The van der Waals surface area contributed by atoms with E-state index in [-0.39, 0.29) is 16.5 Å². The molecule has 0 saturated heterocycles. The summed E-state index contributed by atoms with van der Waals surface area (Å²) >= 11 is 12.2. The van der Waals surface area contributed by atoms with Crippen LogP contribution in [0.3, 0.4) is 0 Å². The van der Waals surface area contributed by atoms with Crippen LogP contribution >= 0.6 is 23.2 Å². The van der Waals surface area contributed by atoms with Gasteiger partial charge >= 0.3 is 0 Å². The molecule has 2 aromatic carbocycles. The van der Waals surface area contributed by atoms with Crippen molar-refractivity contribution in [1.29, 1.82) is 0 Å². The Hall–Kier alpha value is -2.67. The maximum atomic E-state index is 13.6. The van der Waals surface area contributed by atoms with Crippen LogP contribution in [-0.2, 0) is 6.54 Å². The third kappa shape index (κ3) is 6.22. The first-order chi connectivity index (χ1) is 15.8. The van der Waals surface area contributed by atoms with Gasteiger partial charge in [0, 0.05) is 23.7 Å². The smallest absolute Gasteiger partial charge is 0.272 e. The quantitative estimate of drug-likeness (QED) is 0.437. The second kappa shape index (κ2) is 11.5. The van der Waals surface area contributed by atoms with Gasteiger partial charge in [0.2, 0.25) is 0 Å². The molecule has 1 heterocycles. The normalized spacial score (nSPS) is 12.1. The summed E-state index contributed by atoms with van der Waals surface area (Å²) < 4.78 is 1.57. The van der Waals surface area contributed by atoms with Gasteiger partial charge in [-0.2, -0.15) is 0 Å². The Morgan fingerprint density at radius 3 is 2.30 bits per heavy atom. The van der Waals surface area contributed by atoms with Crippen LogP contribution in [0.5, 0.6) is 0 Å². The maximum absolute atomic E-state index is 13.6. The van der Waals surface area contributed by atoms with Gasteiger partial charge in [0.05, 0.1) is 18.8 Å². The maximum Gasteiger partial charge on any atom is 0.272 e. The number of hydrogen-bond donors (Lipinski definition) is 0. The van der Waals surface area contributed by atoms with E-state index in [4.69, 9.17) is 23.2 Å². The van der Waals surface area contributed by atoms with Crippen molar-refractivity contribution >= 4 is 29.1 Å². The number of carbonyl (C=O) groups is 1. The number of amides is 1. The summed E-state index contributed by atoms with van der Waals surface area (Å²) in [5.74, 6) is 0.368. The van der Waals surface area contributed by atoms with Gasteiger partial charge in [0.25, 0.3) is 11.5 Å². The molecule has 0 bridgehead atoms. The van der Waals surface area contributed by atoms with Crippen molar-refractivity contribution in [3.05, 3.63) is 98.1 Å². The molecule has 0 radical (unpaired) electrons. The molecule has 8 heteroatoms. The van der Waals surface area contributed by atoms with E-state index in [2.05, 4.69) is 4.98 Å². The zero-order valence-corrected chi connectivity index (χ0v) is 20.6. The van der Waals surface area contributed by atoms with Crippen LogP contribution in [0.25, 0.3) is 0 Å². The summed E-state index contributed by atoms with van der Waals surface area (Å²) in [4.78, 5) is 35.0. The zero-order chi connectivity index (χ0) is 24.0. The molecule has 1 atom stereocenters. The predicted molar refractivity (Wildman–Crippen MR) is 133 cm³/mol. The minimum Gasteiger partial charge on any atom is -0.327 e. The van der Waals surface area contributed by atoms with Crippen molar-refractivity contribution in [2.45, 2.75) is 25.9 Å². The van der Waals surface area contributed by atoms with Gasteiger partial charge in [-0.25, -0.2) is 4.98 Å². The van der Waals surface area contributed by atoms with Crippen LogP contribution in [0.4, 0.5) is 0 Å². The molecule has 3 aromatic rings. The average Bonchev–Trinajstić information content (AvgIpc) is 2.81. The second-order valence-electron chi connectivity index (χ2n) is 8.07. The van der Waals surface area contributed by atoms with Crippen LogP contribution in [0.2, 0.25) is 10.0 Å². The molecular formula is C25H28Cl2N4O2. The average molecular weight is 487 g/mol. The Balaban J connectivity index is 2.07. The molecule has 1 unspecified atom stereocenters. The van der Waals surface area contributed by atoms with Crippen molar-refractivity contribution in [2.75, 3.05) is 27.2 Å². The highest BCUT2D eigenvalue weighted by molar-refractivity contribution is 6.30. The van der Waals surface area contributed by atoms with Gasteiger partial charge in [-0.15, -0.1) is 0 Å². The van der Waals surface area contributed by atoms with Gasteiger partial charge < -0.3 is 9.80 Å². The lowest BCUT2D eigenvalue weighted by Gasteiger charge is -2.33. The van der Waals surface area contributed by atoms with Crippen molar-refractivity contribution in [1.82, 2.24) is 19.4 Å². The van der Waals surface area contributed by atoms with Gasteiger partial charge in [-0.3, -0.25) is 14.2 Å². The molecule has 0 spiro atoms. The molecule has 0 saturated carbocycles. The van der Waals surface area contributed by atoms with E-state index in [1.54, 1.807) is 33.7 Å². The Kier molecular flexibility index (Phi) is 8.67. The summed E-state index contributed by atoms with van der Waals surface area (Å²) in [6.45, 7) is 3.43. The summed E-state index contributed by atoms with van der Waals surface area (Å²) in [5, 5.41) is 0.614. The van der Waals surface area contributed by atoms with Crippen molar-refractivity contribution < 1.29 is 4.79 Å². The lowest BCUT2D eigenvalue weighted by Crippen LogP contribution is -2.42. The molecule has 174 valence electrons. The standard InChI is InChI=1S/C25H28Cl2N4O2/c1-4-22(30(15-14-29(2)3)24(32)19-10-12-20(26)13-11-19)23-28-16-21(27)25(33)31(23)17-18-8-6-5-7-9-18/h5-13,16,22H,4,14-15,17H2,1-3H3. The fraction of sp³-hybridized carbons (Fsp3) is 0.320. The Morgan fingerprint density at radius 2 is 1.70 bits per heavy atom. The number of rotatable bonds is 9. The predicted octanol–water partition coefficient (Wildman–Crippen LogP) is 4.75. The van der Waals surface area contributed by atoms with Gasteiger partial charge in [0.1, 0.15) is 10.8 Å². The first kappa shape index (κ1) is 25.0. The molecule has 3 rings (SSSR count). The first-order valence-corrected chi connectivity index (χ1v) is 11.6. The molecule has 1 amide bonds. The number of aromatic nitrogens is 2. The lowest BCUT2D eigenvalue weighted by atomic mass is 10.1.